The third kappa shape index (κ3) is 2.31. The van der Waals surface area contributed by atoms with Crippen LogP contribution in [0.15, 0.2) is 32.5 Å². The molecule has 0 saturated carbocycles. The molecule has 2 aromatic rings. The van der Waals surface area contributed by atoms with E-state index in [1.165, 1.54) is 48.4 Å². The van der Waals surface area contributed by atoms with Crippen molar-refractivity contribution in [2.75, 3.05) is 6.26 Å². The Kier molecular flexibility index (Phi) is 3.89. The molecule has 0 saturated heterocycles. The minimum atomic E-state index is 0.242. The Morgan fingerprint density at radius 3 is 3.08 bits per heavy atom. The maximum atomic E-state index is 5.19. The fourth-order valence-corrected chi connectivity index (χ4v) is 6.14. The summed E-state index contributed by atoms with van der Waals surface area (Å²) in [5.41, 5.74) is 6.66. The first-order chi connectivity index (χ1) is 12.3. The topological polar surface area (TPSA) is 55.4 Å². The van der Waals surface area contributed by atoms with Gasteiger partial charge in [-0.15, -0.1) is 10.2 Å². The molecular formula is C18H21N5S2. The van der Waals surface area contributed by atoms with Gasteiger partial charge in [0, 0.05) is 5.71 Å². The van der Waals surface area contributed by atoms with Gasteiger partial charge in [0.2, 0.25) is 0 Å². The van der Waals surface area contributed by atoms with Gasteiger partial charge >= 0.3 is 0 Å². The van der Waals surface area contributed by atoms with Crippen LogP contribution in [-0.4, -0.2) is 36.9 Å². The molecule has 25 heavy (non-hydrogen) atoms. The summed E-state index contributed by atoms with van der Waals surface area (Å²) < 4.78 is 2.01. The van der Waals surface area contributed by atoms with E-state index in [0.29, 0.717) is 5.92 Å². The van der Waals surface area contributed by atoms with Crippen LogP contribution in [0, 0.1) is 0 Å². The van der Waals surface area contributed by atoms with Gasteiger partial charge in [0.25, 0.3) is 0 Å². The molecule has 1 aliphatic carbocycles. The summed E-state index contributed by atoms with van der Waals surface area (Å²) in [6.45, 7) is 2.26. The number of allylic oxidation sites excluding steroid dienone is 1. The lowest BCUT2D eigenvalue weighted by atomic mass is 9.87. The van der Waals surface area contributed by atoms with Crippen LogP contribution in [0.5, 0.6) is 0 Å². The van der Waals surface area contributed by atoms with Crippen molar-refractivity contribution in [3.05, 3.63) is 23.2 Å². The predicted octanol–water partition coefficient (Wildman–Crippen LogP) is 4.49. The minimum absolute atomic E-state index is 0.242. The van der Waals surface area contributed by atoms with Crippen molar-refractivity contribution in [3.63, 3.8) is 0 Å². The SMILES string of the molecule is CCCCC1=NC2Sc3c(ncn4c(SC)nnc34)C2C2=C1CCC2. The fraction of sp³-hybridized carbons (Fsp3) is 0.556. The highest BCUT2D eigenvalue weighted by Gasteiger charge is 2.44. The van der Waals surface area contributed by atoms with E-state index >= 15 is 0 Å². The van der Waals surface area contributed by atoms with Crippen molar-refractivity contribution in [3.8, 4) is 0 Å². The zero-order valence-corrected chi connectivity index (χ0v) is 16.2. The molecule has 0 N–H and O–H groups in total. The van der Waals surface area contributed by atoms with Gasteiger partial charge in [0.15, 0.2) is 10.8 Å². The van der Waals surface area contributed by atoms with Gasteiger partial charge in [0.1, 0.15) is 11.7 Å². The zero-order chi connectivity index (χ0) is 17.0. The van der Waals surface area contributed by atoms with E-state index in [4.69, 9.17) is 9.98 Å². The summed E-state index contributed by atoms with van der Waals surface area (Å²) in [6.07, 6.45) is 11.2. The average molecular weight is 372 g/mol. The van der Waals surface area contributed by atoms with E-state index in [1.807, 2.05) is 28.7 Å². The summed E-state index contributed by atoms with van der Waals surface area (Å²) >= 11 is 3.45. The first-order valence-electron chi connectivity index (χ1n) is 9.05. The molecular weight excluding hydrogens is 350 g/mol. The van der Waals surface area contributed by atoms with Gasteiger partial charge in [-0.05, 0) is 43.9 Å². The number of hydrogen-bond acceptors (Lipinski definition) is 6. The minimum Gasteiger partial charge on any atom is -0.274 e. The number of dihydropyridines is 1. The van der Waals surface area contributed by atoms with Crippen LogP contribution in [0.2, 0.25) is 0 Å². The number of nitrogens with zero attached hydrogens (tertiary/aromatic N) is 5. The van der Waals surface area contributed by atoms with E-state index in [9.17, 15) is 0 Å². The molecule has 0 aromatic carbocycles. The van der Waals surface area contributed by atoms with Crippen LogP contribution in [-0.2, 0) is 0 Å². The van der Waals surface area contributed by atoms with E-state index in [0.717, 1.165) is 17.2 Å². The average Bonchev–Trinajstić information content (AvgIpc) is 3.33. The first-order valence-corrected chi connectivity index (χ1v) is 11.2. The smallest absolute Gasteiger partial charge is 0.196 e. The lowest BCUT2D eigenvalue weighted by Crippen LogP contribution is -2.21. The summed E-state index contributed by atoms with van der Waals surface area (Å²) in [5, 5.41) is 9.88. The van der Waals surface area contributed by atoms with Gasteiger partial charge in [0.05, 0.1) is 16.5 Å². The van der Waals surface area contributed by atoms with Crippen LogP contribution < -0.4 is 0 Å². The molecule has 5 nitrogen and oxygen atoms in total. The predicted molar refractivity (Wildman–Crippen MR) is 103 cm³/mol. The second-order valence-corrected chi connectivity index (χ2v) is 8.76. The van der Waals surface area contributed by atoms with Crippen LogP contribution in [0.1, 0.15) is 57.1 Å². The molecule has 0 radical (unpaired) electrons. The highest BCUT2D eigenvalue weighted by atomic mass is 32.2. The highest BCUT2D eigenvalue weighted by Crippen LogP contribution is 2.55. The molecule has 0 spiro atoms. The molecule has 2 unspecified atom stereocenters. The van der Waals surface area contributed by atoms with Gasteiger partial charge in [-0.3, -0.25) is 9.39 Å². The Balaban J connectivity index is 1.62. The Morgan fingerprint density at radius 2 is 2.24 bits per heavy atom. The van der Waals surface area contributed by atoms with Gasteiger partial charge < -0.3 is 0 Å². The first kappa shape index (κ1) is 15.9. The third-order valence-electron chi connectivity index (χ3n) is 5.45. The Bertz CT molecular complexity index is 914. The molecule has 0 fully saturated rings. The summed E-state index contributed by atoms with van der Waals surface area (Å²) in [4.78, 5) is 11.2. The third-order valence-corrected chi connectivity index (χ3v) is 7.34. The lowest BCUT2D eigenvalue weighted by molar-refractivity contribution is 0.692. The second-order valence-electron chi connectivity index (χ2n) is 6.86. The number of fused-ring (bicyclic) bond motifs is 6. The van der Waals surface area contributed by atoms with Crippen LogP contribution in [0.4, 0.5) is 0 Å². The lowest BCUT2D eigenvalue weighted by Gasteiger charge is -2.26. The largest absolute Gasteiger partial charge is 0.274 e. The van der Waals surface area contributed by atoms with E-state index in [-0.39, 0.29) is 5.37 Å². The molecule has 7 heteroatoms. The number of rotatable bonds is 4. The second kappa shape index (κ2) is 6.13. The molecule has 0 amide bonds. The molecule has 2 atom stereocenters. The number of aromatic nitrogens is 4. The standard InChI is InChI=1S/C18H21N5S2/c1-3-4-8-12-10-6-5-7-11(10)13-14-15(25-17(13)20-12)16-21-22-18(24-2)23(16)9-19-14/h9,13,17H,3-8H2,1-2H3. The van der Waals surface area contributed by atoms with Crippen molar-refractivity contribution in [2.24, 2.45) is 4.99 Å². The number of aliphatic imine (C=N–C) groups is 1. The Hall–Kier alpha value is -1.34. The number of unbranched alkanes of at least 4 members (excludes halogenated alkanes) is 1. The summed E-state index contributed by atoms with van der Waals surface area (Å²) in [6, 6.07) is 0. The monoisotopic (exact) mass is 371 g/mol. The Morgan fingerprint density at radius 1 is 1.32 bits per heavy atom. The van der Waals surface area contributed by atoms with E-state index in [2.05, 4.69) is 17.1 Å². The van der Waals surface area contributed by atoms with E-state index < -0.39 is 0 Å². The normalized spacial score (nSPS) is 24.5. The zero-order valence-electron chi connectivity index (χ0n) is 14.5. The van der Waals surface area contributed by atoms with Crippen molar-refractivity contribution in [1.29, 1.82) is 0 Å². The van der Waals surface area contributed by atoms with Crippen LogP contribution >= 0.6 is 23.5 Å². The van der Waals surface area contributed by atoms with Crippen LogP contribution in [0.25, 0.3) is 5.65 Å². The number of thioether (sulfide) groups is 2. The fourth-order valence-electron chi connectivity index (χ4n) is 4.30. The Labute approximate surface area is 155 Å². The van der Waals surface area contributed by atoms with Crippen LogP contribution in [0.3, 0.4) is 0 Å². The summed E-state index contributed by atoms with van der Waals surface area (Å²) in [5.74, 6) is 0.349. The van der Waals surface area contributed by atoms with Gasteiger partial charge in [-0.2, -0.15) is 0 Å². The molecule has 2 aromatic heterocycles. The van der Waals surface area contributed by atoms with Gasteiger partial charge in [-0.1, -0.05) is 42.4 Å². The molecule has 4 heterocycles. The quantitative estimate of drug-likeness (QED) is 0.741. The molecule has 130 valence electrons. The maximum Gasteiger partial charge on any atom is 0.196 e. The molecule has 5 rings (SSSR count). The van der Waals surface area contributed by atoms with Crippen molar-refractivity contribution >= 4 is 34.9 Å². The van der Waals surface area contributed by atoms with Crippen molar-refractivity contribution in [1.82, 2.24) is 19.6 Å². The number of hydrogen-bond donors (Lipinski definition) is 0. The van der Waals surface area contributed by atoms with E-state index in [1.54, 1.807) is 22.9 Å². The van der Waals surface area contributed by atoms with Gasteiger partial charge in [-0.25, -0.2) is 4.98 Å². The molecule has 2 aliphatic heterocycles. The summed E-state index contributed by atoms with van der Waals surface area (Å²) in [7, 11) is 0. The van der Waals surface area contributed by atoms with Crippen molar-refractivity contribution < 1.29 is 0 Å². The van der Waals surface area contributed by atoms with Crippen molar-refractivity contribution in [2.45, 2.75) is 66.8 Å². The molecule has 0 bridgehead atoms. The maximum absolute atomic E-state index is 5.19. The highest BCUT2D eigenvalue weighted by molar-refractivity contribution is 8.00. The molecule has 3 aliphatic rings.